The minimum atomic E-state index is -0.344. The molecule has 1 amide bonds. The molecule has 0 saturated heterocycles. The van der Waals surface area contributed by atoms with Crippen LogP contribution in [0.5, 0.6) is 0 Å². The summed E-state index contributed by atoms with van der Waals surface area (Å²) >= 11 is 3.05. The Kier molecular flexibility index (Phi) is 6.70. The topological polar surface area (TPSA) is 60.7 Å². The summed E-state index contributed by atoms with van der Waals surface area (Å²) in [5, 5.41) is 0. The van der Waals surface area contributed by atoms with Crippen molar-refractivity contribution >= 4 is 45.2 Å². The number of amides is 1. The second kappa shape index (κ2) is 9.21. The van der Waals surface area contributed by atoms with E-state index in [0.29, 0.717) is 29.1 Å². The Morgan fingerprint density at radius 2 is 1.93 bits per heavy atom. The molecule has 1 aromatic heterocycles. The second-order valence-electron chi connectivity index (χ2n) is 6.26. The molecule has 5 nitrogen and oxygen atoms in total. The first-order chi connectivity index (χ1) is 13.5. The maximum Gasteiger partial charge on any atom is 0.338 e. The molecule has 0 N–H and O–H groups in total. The van der Waals surface area contributed by atoms with Gasteiger partial charge in [-0.25, -0.2) is 4.79 Å². The predicted molar refractivity (Wildman–Crippen MR) is 114 cm³/mol. The molecule has 0 aliphatic heterocycles. The molecule has 0 aliphatic rings. The molecule has 28 heavy (non-hydrogen) atoms. The highest BCUT2D eigenvalue weighted by Gasteiger charge is 2.11. The van der Waals surface area contributed by atoms with Gasteiger partial charge in [0.05, 0.1) is 22.4 Å². The summed E-state index contributed by atoms with van der Waals surface area (Å²) in [7, 11) is 1.87. The van der Waals surface area contributed by atoms with Gasteiger partial charge in [0.25, 0.3) is 0 Å². The highest BCUT2D eigenvalue weighted by atomic mass is 32.2. The molecule has 0 atom stereocenters. The van der Waals surface area contributed by atoms with Crippen LogP contribution < -0.4 is 4.80 Å². The molecule has 0 fully saturated rings. The highest BCUT2D eigenvalue weighted by molar-refractivity contribution is 7.99. The van der Waals surface area contributed by atoms with Crippen LogP contribution in [0.2, 0.25) is 0 Å². The van der Waals surface area contributed by atoms with Crippen LogP contribution in [0.25, 0.3) is 10.2 Å². The predicted octanol–water partition coefficient (Wildman–Crippen LogP) is 4.33. The van der Waals surface area contributed by atoms with E-state index in [1.807, 2.05) is 17.7 Å². The summed E-state index contributed by atoms with van der Waals surface area (Å²) in [6, 6.07) is 13.6. The number of thioether (sulfide) groups is 1. The number of ether oxygens (including phenoxy) is 1. The summed E-state index contributed by atoms with van der Waals surface area (Å²) < 4.78 is 7.82. The third-order valence-corrected chi connectivity index (χ3v) is 6.25. The first kappa shape index (κ1) is 20.4. The van der Waals surface area contributed by atoms with Crippen LogP contribution in [0.4, 0.5) is 0 Å². The van der Waals surface area contributed by atoms with Crippen molar-refractivity contribution in [1.82, 2.24) is 4.57 Å². The van der Waals surface area contributed by atoms with E-state index in [1.54, 1.807) is 30.8 Å². The smallest absolute Gasteiger partial charge is 0.338 e. The number of hydrogen-bond acceptors (Lipinski definition) is 5. The van der Waals surface area contributed by atoms with Gasteiger partial charge in [0.1, 0.15) is 0 Å². The average Bonchev–Trinajstić information content (AvgIpc) is 2.98. The van der Waals surface area contributed by atoms with Crippen molar-refractivity contribution in [3.05, 3.63) is 58.4 Å². The van der Waals surface area contributed by atoms with Gasteiger partial charge < -0.3 is 9.30 Å². The number of thiazole rings is 1. The third-order valence-electron chi connectivity index (χ3n) is 4.15. The van der Waals surface area contributed by atoms with Gasteiger partial charge in [-0.2, -0.15) is 4.99 Å². The monoisotopic (exact) mass is 414 g/mol. The fourth-order valence-electron chi connectivity index (χ4n) is 2.64. The number of carbonyl (C=O) groups is 2. The van der Waals surface area contributed by atoms with Crippen LogP contribution in [0.1, 0.15) is 29.3 Å². The molecule has 1 heterocycles. The minimum absolute atomic E-state index is 0.146. The van der Waals surface area contributed by atoms with E-state index in [0.717, 1.165) is 15.1 Å². The van der Waals surface area contributed by atoms with Crippen molar-refractivity contribution in [2.24, 2.45) is 12.0 Å². The Morgan fingerprint density at radius 3 is 2.64 bits per heavy atom. The van der Waals surface area contributed by atoms with E-state index in [1.165, 1.54) is 16.9 Å². The average molecular weight is 415 g/mol. The number of benzene rings is 2. The van der Waals surface area contributed by atoms with E-state index in [-0.39, 0.29) is 11.9 Å². The zero-order valence-corrected chi connectivity index (χ0v) is 17.7. The number of rotatable bonds is 6. The summed E-state index contributed by atoms with van der Waals surface area (Å²) in [6.07, 6.45) is 0.376. The number of nitrogens with zero attached hydrogens (tertiary/aromatic N) is 2. The number of aryl methyl sites for hydroxylation is 2. The zero-order chi connectivity index (χ0) is 20.1. The van der Waals surface area contributed by atoms with E-state index >= 15 is 0 Å². The first-order valence-electron chi connectivity index (χ1n) is 9.01. The molecule has 0 bridgehead atoms. The van der Waals surface area contributed by atoms with Crippen LogP contribution >= 0.6 is 23.1 Å². The lowest BCUT2D eigenvalue weighted by Gasteiger charge is -2.01. The SMILES string of the molecule is CCOC(=O)c1ccc2c(c1)sc(=NC(=O)CCSc1ccc(C)cc1)n2C. The molecule has 0 saturated carbocycles. The van der Waals surface area contributed by atoms with Gasteiger partial charge in [-0.15, -0.1) is 11.8 Å². The lowest BCUT2D eigenvalue weighted by molar-refractivity contribution is -0.117. The number of aromatic nitrogens is 1. The van der Waals surface area contributed by atoms with Crippen molar-refractivity contribution in [2.75, 3.05) is 12.4 Å². The van der Waals surface area contributed by atoms with Gasteiger partial charge >= 0.3 is 5.97 Å². The number of hydrogen-bond donors (Lipinski definition) is 0. The van der Waals surface area contributed by atoms with E-state index < -0.39 is 0 Å². The maximum absolute atomic E-state index is 12.3. The Morgan fingerprint density at radius 1 is 1.18 bits per heavy atom. The van der Waals surface area contributed by atoms with Crippen molar-refractivity contribution < 1.29 is 14.3 Å². The normalized spacial score (nSPS) is 11.8. The van der Waals surface area contributed by atoms with Crippen molar-refractivity contribution in [1.29, 1.82) is 0 Å². The molecule has 7 heteroatoms. The zero-order valence-electron chi connectivity index (χ0n) is 16.1. The molecule has 2 aromatic carbocycles. The van der Waals surface area contributed by atoms with Crippen molar-refractivity contribution in [3.8, 4) is 0 Å². The van der Waals surface area contributed by atoms with E-state index in [9.17, 15) is 9.59 Å². The quantitative estimate of drug-likeness (QED) is 0.445. The Balaban J connectivity index is 1.71. The maximum atomic E-state index is 12.3. The fourth-order valence-corrected chi connectivity index (χ4v) is 4.55. The minimum Gasteiger partial charge on any atom is -0.462 e. The van der Waals surface area contributed by atoms with Crippen molar-refractivity contribution in [3.63, 3.8) is 0 Å². The first-order valence-corrected chi connectivity index (χ1v) is 10.8. The highest BCUT2D eigenvalue weighted by Crippen LogP contribution is 2.20. The van der Waals surface area contributed by atoms with E-state index in [4.69, 9.17) is 4.74 Å². The Labute approximate surface area is 172 Å². The lowest BCUT2D eigenvalue weighted by atomic mass is 10.2. The molecule has 0 radical (unpaired) electrons. The molecule has 0 unspecified atom stereocenters. The van der Waals surface area contributed by atoms with Crippen LogP contribution in [0.15, 0.2) is 52.4 Å². The molecule has 3 rings (SSSR count). The standard InChI is InChI=1S/C21H22N2O3S2/c1-4-26-20(25)15-7-10-17-18(13-15)28-21(23(17)3)22-19(24)11-12-27-16-8-5-14(2)6-9-16/h5-10,13H,4,11-12H2,1-3H3. The van der Waals surface area contributed by atoms with Gasteiger partial charge in [0.2, 0.25) is 5.91 Å². The van der Waals surface area contributed by atoms with Gasteiger partial charge in [-0.1, -0.05) is 29.0 Å². The fraction of sp³-hybridized carbons (Fsp3) is 0.286. The lowest BCUT2D eigenvalue weighted by Crippen LogP contribution is -2.13. The van der Waals surface area contributed by atoms with Gasteiger partial charge in [-0.3, -0.25) is 4.79 Å². The Bertz CT molecular complexity index is 1070. The molecule has 146 valence electrons. The van der Waals surface area contributed by atoms with Crippen LogP contribution in [0, 0.1) is 6.92 Å². The van der Waals surface area contributed by atoms with Gasteiger partial charge in [-0.05, 0) is 44.2 Å². The van der Waals surface area contributed by atoms with E-state index in [2.05, 4.69) is 36.2 Å². The largest absolute Gasteiger partial charge is 0.462 e. The molecule has 0 aliphatic carbocycles. The summed E-state index contributed by atoms with van der Waals surface area (Å²) in [4.78, 5) is 30.2. The molecular weight excluding hydrogens is 392 g/mol. The third kappa shape index (κ3) is 4.91. The summed E-state index contributed by atoms with van der Waals surface area (Å²) in [5.41, 5.74) is 2.65. The molecule has 3 aromatic rings. The number of carbonyl (C=O) groups excluding carboxylic acids is 2. The number of esters is 1. The van der Waals surface area contributed by atoms with Crippen molar-refractivity contribution in [2.45, 2.75) is 25.2 Å². The van der Waals surface area contributed by atoms with Crippen LogP contribution in [-0.2, 0) is 16.6 Å². The molecule has 0 spiro atoms. The molecular formula is C21H22N2O3S2. The summed E-state index contributed by atoms with van der Waals surface area (Å²) in [6.45, 7) is 4.17. The van der Waals surface area contributed by atoms with Gasteiger partial charge in [0, 0.05) is 24.1 Å². The number of fused-ring (bicyclic) bond motifs is 1. The summed E-state index contributed by atoms with van der Waals surface area (Å²) in [5.74, 6) is 0.197. The Hall–Kier alpha value is -2.38. The van der Waals surface area contributed by atoms with Crippen LogP contribution in [0.3, 0.4) is 0 Å². The van der Waals surface area contributed by atoms with Crippen LogP contribution in [-0.4, -0.2) is 28.8 Å². The second-order valence-corrected chi connectivity index (χ2v) is 8.44. The van der Waals surface area contributed by atoms with Gasteiger partial charge in [0.15, 0.2) is 4.80 Å².